The summed E-state index contributed by atoms with van der Waals surface area (Å²) >= 11 is 0. The monoisotopic (exact) mass is 422 g/mol. The first-order valence-electron chi connectivity index (χ1n) is 11.2. The zero-order valence-corrected chi connectivity index (χ0v) is 19.7. The van der Waals surface area contributed by atoms with Crippen LogP contribution in [0.5, 0.6) is 5.75 Å². The Kier molecular flexibility index (Phi) is 23.1. The maximum atomic E-state index is 10.5. The number of rotatable bonds is 12. The summed E-state index contributed by atoms with van der Waals surface area (Å²) in [5.74, 6) is 0.467. The molecule has 1 aromatic carbocycles. The molecule has 0 heterocycles. The number of hydrogen-bond acceptors (Lipinski definition) is 5. The van der Waals surface area contributed by atoms with Gasteiger partial charge in [0.2, 0.25) is 0 Å². The van der Waals surface area contributed by atoms with Gasteiger partial charge in [-0.3, -0.25) is 9.59 Å². The van der Waals surface area contributed by atoms with E-state index < -0.39 is 0 Å². The zero-order chi connectivity index (χ0) is 23.0. The summed E-state index contributed by atoms with van der Waals surface area (Å²) in [5, 5.41) is 0. The van der Waals surface area contributed by atoms with Gasteiger partial charge in [0.1, 0.15) is 11.5 Å². The second kappa shape index (κ2) is 23.1. The maximum Gasteiger partial charge on any atom is 0.308 e. The highest BCUT2D eigenvalue weighted by atomic mass is 16.5. The van der Waals surface area contributed by atoms with Crippen LogP contribution in [0, 0.1) is 0 Å². The normalized spacial score (nSPS) is 9.37. The first kappa shape index (κ1) is 30.0. The summed E-state index contributed by atoms with van der Waals surface area (Å²) in [6.45, 7) is 9.44. The van der Waals surface area contributed by atoms with Crippen molar-refractivity contribution in [1.82, 2.24) is 0 Å². The zero-order valence-electron chi connectivity index (χ0n) is 19.7. The lowest BCUT2D eigenvalue weighted by Crippen LogP contribution is -2.00. The van der Waals surface area contributed by atoms with Crippen LogP contribution in [-0.2, 0) is 19.1 Å². The van der Waals surface area contributed by atoms with Gasteiger partial charge in [0.25, 0.3) is 0 Å². The van der Waals surface area contributed by atoms with Crippen molar-refractivity contribution in [2.45, 2.75) is 98.8 Å². The molecule has 5 nitrogen and oxygen atoms in total. The van der Waals surface area contributed by atoms with Crippen LogP contribution in [0.25, 0.3) is 0 Å². The number of carbonyl (C=O) groups is 3. The summed E-state index contributed by atoms with van der Waals surface area (Å²) in [6, 6.07) is 8.98. The van der Waals surface area contributed by atoms with E-state index in [2.05, 4.69) is 13.8 Å². The molecule has 0 aliphatic heterocycles. The number of ketones is 1. The van der Waals surface area contributed by atoms with Gasteiger partial charge in [-0.1, -0.05) is 77.0 Å². The number of esters is 2. The minimum absolute atomic E-state index is 0.170. The van der Waals surface area contributed by atoms with Crippen molar-refractivity contribution in [2.24, 2.45) is 0 Å². The molecule has 0 amide bonds. The standard InChI is InChI=1S/C9H18O.C8H8O2.C8H16O2/c1-3-4-5-6-7-8-9(2)10;1-7(9)10-8-5-3-2-4-6-8;1-3-4-5-6-7-10-8(2)9/h3-8H2,1-2H3;2-6H,1H3;3-7H2,1-2H3. The average molecular weight is 423 g/mol. The quantitative estimate of drug-likeness (QED) is 0.213. The van der Waals surface area contributed by atoms with Gasteiger partial charge in [0, 0.05) is 20.3 Å². The molecule has 172 valence electrons. The third kappa shape index (κ3) is 28.0. The lowest BCUT2D eigenvalue weighted by Gasteiger charge is -1.99. The lowest BCUT2D eigenvalue weighted by molar-refractivity contribution is -0.141. The molecule has 0 unspecified atom stereocenters. The number of Topliss-reactive ketones (excluding diaryl/α,β-unsaturated/α-hetero) is 1. The van der Waals surface area contributed by atoms with Gasteiger partial charge in [-0.2, -0.15) is 0 Å². The van der Waals surface area contributed by atoms with Crippen molar-refractivity contribution in [1.29, 1.82) is 0 Å². The van der Waals surface area contributed by atoms with Gasteiger partial charge >= 0.3 is 11.9 Å². The van der Waals surface area contributed by atoms with Crippen molar-refractivity contribution in [3.05, 3.63) is 30.3 Å². The van der Waals surface area contributed by atoms with Crippen LogP contribution in [0.15, 0.2) is 30.3 Å². The molecule has 0 saturated carbocycles. The molecule has 0 N–H and O–H groups in total. The van der Waals surface area contributed by atoms with E-state index in [4.69, 9.17) is 9.47 Å². The molecule has 1 rings (SSSR count). The molecule has 0 saturated heterocycles. The van der Waals surface area contributed by atoms with E-state index in [1.807, 2.05) is 18.2 Å². The average Bonchev–Trinajstić information content (AvgIpc) is 2.68. The number of ether oxygens (including phenoxy) is 2. The van der Waals surface area contributed by atoms with Crippen molar-refractivity contribution < 1.29 is 23.9 Å². The van der Waals surface area contributed by atoms with E-state index in [0.717, 1.165) is 19.3 Å². The second-order valence-corrected chi connectivity index (χ2v) is 7.17. The van der Waals surface area contributed by atoms with E-state index in [1.54, 1.807) is 19.1 Å². The van der Waals surface area contributed by atoms with Crippen LogP contribution in [-0.4, -0.2) is 24.3 Å². The molecule has 30 heavy (non-hydrogen) atoms. The van der Waals surface area contributed by atoms with Gasteiger partial charge in [-0.25, -0.2) is 0 Å². The van der Waals surface area contributed by atoms with Gasteiger partial charge < -0.3 is 14.3 Å². The Bertz CT molecular complexity index is 516. The van der Waals surface area contributed by atoms with E-state index in [1.165, 1.54) is 58.8 Å². The van der Waals surface area contributed by atoms with Crippen LogP contribution >= 0.6 is 0 Å². The first-order chi connectivity index (χ1) is 14.3. The van der Waals surface area contributed by atoms with E-state index in [9.17, 15) is 14.4 Å². The Morgan fingerprint density at radius 3 is 1.70 bits per heavy atom. The van der Waals surface area contributed by atoms with Gasteiger partial charge in [0.15, 0.2) is 0 Å². The van der Waals surface area contributed by atoms with Crippen LogP contribution in [0.1, 0.15) is 98.8 Å². The maximum absolute atomic E-state index is 10.5. The van der Waals surface area contributed by atoms with Crippen molar-refractivity contribution in [3.8, 4) is 5.75 Å². The number of benzene rings is 1. The molecule has 0 bridgehead atoms. The second-order valence-electron chi connectivity index (χ2n) is 7.17. The minimum Gasteiger partial charge on any atom is -0.466 e. The Labute approximate surface area is 183 Å². The van der Waals surface area contributed by atoms with Crippen LogP contribution in [0.3, 0.4) is 0 Å². The lowest BCUT2D eigenvalue weighted by atomic mass is 10.1. The molecule has 5 heteroatoms. The molecule has 0 aliphatic carbocycles. The SMILES string of the molecule is CC(=O)Oc1ccccc1.CCCCCCCC(C)=O.CCCCCCOC(C)=O. The fraction of sp³-hybridized carbons (Fsp3) is 0.640. The Morgan fingerprint density at radius 1 is 0.700 bits per heavy atom. The molecule has 0 atom stereocenters. The largest absolute Gasteiger partial charge is 0.466 e. The summed E-state index contributed by atoms with van der Waals surface area (Å²) in [5.41, 5.74) is 0. The first-order valence-corrected chi connectivity index (χ1v) is 11.2. The topological polar surface area (TPSA) is 69.7 Å². The molecular weight excluding hydrogens is 380 g/mol. The van der Waals surface area contributed by atoms with Crippen LogP contribution < -0.4 is 4.74 Å². The number of carbonyl (C=O) groups excluding carboxylic acids is 3. The Balaban J connectivity index is 0. The van der Waals surface area contributed by atoms with E-state index >= 15 is 0 Å². The summed E-state index contributed by atoms with van der Waals surface area (Å²) in [7, 11) is 0. The molecule has 1 aromatic rings. The van der Waals surface area contributed by atoms with E-state index in [-0.39, 0.29) is 11.9 Å². The summed E-state index contributed by atoms with van der Waals surface area (Å²) < 4.78 is 9.52. The Morgan fingerprint density at radius 2 is 1.23 bits per heavy atom. The van der Waals surface area contributed by atoms with Gasteiger partial charge in [-0.15, -0.1) is 0 Å². The summed E-state index contributed by atoms with van der Waals surface area (Å²) in [4.78, 5) is 31.1. The van der Waals surface area contributed by atoms with Gasteiger partial charge in [0.05, 0.1) is 6.61 Å². The number of hydrogen-bond donors (Lipinski definition) is 0. The van der Waals surface area contributed by atoms with Gasteiger partial charge in [-0.05, 0) is 31.9 Å². The fourth-order valence-corrected chi connectivity index (χ4v) is 2.38. The minimum atomic E-state index is -0.286. The highest BCUT2D eigenvalue weighted by molar-refractivity contribution is 5.75. The smallest absolute Gasteiger partial charge is 0.308 e. The van der Waals surface area contributed by atoms with Crippen LogP contribution in [0.2, 0.25) is 0 Å². The van der Waals surface area contributed by atoms with Crippen LogP contribution in [0.4, 0.5) is 0 Å². The number of para-hydroxylation sites is 1. The van der Waals surface area contributed by atoms with Crippen molar-refractivity contribution in [3.63, 3.8) is 0 Å². The summed E-state index contributed by atoms with van der Waals surface area (Å²) in [6.07, 6.45) is 11.6. The predicted molar refractivity (Wildman–Crippen MR) is 123 cm³/mol. The molecule has 0 aliphatic rings. The fourth-order valence-electron chi connectivity index (χ4n) is 2.38. The highest BCUT2D eigenvalue weighted by Crippen LogP contribution is 2.07. The van der Waals surface area contributed by atoms with E-state index in [0.29, 0.717) is 18.1 Å². The third-order valence-corrected chi connectivity index (χ3v) is 3.94. The molecule has 0 aromatic heterocycles. The highest BCUT2D eigenvalue weighted by Gasteiger charge is 1.93. The third-order valence-electron chi connectivity index (χ3n) is 3.94. The molecule has 0 radical (unpaired) electrons. The molecular formula is C25H42O5. The molecule has 0 spiro atoms. The molecule has 0 fully saturated rings. The van der Waals surface area contributed by atoms with Crippen molar-refractivity contribution in [2.75, 3.05) is 6.61 Å². The predicted octanol–water partition coefficient (Wildman–Crippen LogP) is 6.68. The Hall–Kier alpha value is -2.17. The number of unbranched alkanes of at least 4 members (excludes halogenated alkanes) is 7. The van der Waals surface area contributed by atoms with Crippen molar-refractivity contribution >= 4 is 17.7 Å².